The summed E-state index contributed by atoms with van der Waals surface area (Å²) in [5, 5.41) is 0. The van der Waals surface area contributed by atoms with Crippen LogP contribution in [0.15, 0.2) is 36.4 Å². The number of hydrogen-bond acceptors (Lipinski definition) is 1. The number of amides is 1. The third kappa shape index (κ3) is 3.02. The molecule has 0 aliphatic rings. The average molecular weight is 253 g/mol. The molecule has 2 nitrogen and oxygen atoms in total. The van der Waals surface area contributed by atoms with Gasteiger partial charge in [-0.05, 0) is 74.2 Å². The van der Waals surface area contributed by atoms with Crippen molar-refractivity contribution >= 4 is 17.8 Å². The molecule has 2 heteroatoms. The highest BCUT2D eigenvalue weighted by Gasteiger charge is 2.10. The van der Waals surface area contributed by atoms with Crippen molar-refractivity contribution in [2.24, 2.45) is 0 Å². The zero-order chi connectivity index (χ0) is 14.0. The van der Waals surface area contributed by atoms with Crippen LogP contribution in [0.3, 0.4) is 0 Å². The molecule has 0 atom stereocenters. The van der Waals surface area contributed by atoms with Crippen molar-refractivity contribution in [2.75, 3.05) is 4.90 Å². The second kappa shape index (κ2) is 5.27. The Morgan fingerprint density at radius 1 is 0.684 bits per heavy atom. The largest absolute Gasteiger partial charge is 0.284 e. The molecule has 0 aromatic heterocycles. The lowest BCUT2D eigenvalue weighted by molar-refractivity contribution is -0.106. The predicted molar refractivity (Wildman–Crippen MR) is 80.0 cm³/mol. The molecule has 0 radical (unpaired) electrons. The molecule has 0 fully saturated rings. The van der Waals surface area contributed by atoms with Gasteiger partial charge in [-0.25, -0.2) is 0 Å². The third-order valence-electron chi connectivity index (χ3n) is 3.07. The van der Waals surface area contributed by atoms with Gasteiger partial charge in [0.25, 0.3) is 0 Å². The lowest BCUT2D eigenvalue weighted by Crippen LogP contribution is -2.14. The Morgan fingerprint density at radius 2 is 1.00 bits per heavy atom. The van der Waals surface area contributed by atoms with Crippen molar-refractivity contribution in [1.82, 2.24) is 0 Å². The standard InChI is InChI=1S/C17H19NO/c1-12-5-13(2)8-16(7-12)18(11-19)17-9-14(3)6-15(4)10-17/h5-11H,1-4H3. The molecule has 2 aromatic rings. The summed E-state index contributed by atoms with van der Waals surface area (Å²) in [6, 6.07) is 12.3. The van der Waals surface area contributed by atoms with Gasteiger partial charge in [0, 0.05) is 11.4 Å². The normalized spacial score (nSPS) is 10.3. The Kier molecular flexibility index (Phi) is 3.70. The van der Waals surface area contributed by atoms with Crippen LogP contribution in [0.2, 0.25) is 0 Å². The quantitative estimate of drug-likeness (QED) is 0.750. The number of carbonyl (C=O) groups excluding carboxylic acids is 1. The minimum Gasteiger partial charge on any atom is -0.284 e. The first-order chi connectivity index (χ1) is 8.99. The fourth-order valence-electron chi connectivity index (χ4n) is 2.45. The summed E-state index contributed by atoms with van der Waals surface area (Å²) < 4.78 is 0. The van der Waals surface area contributed by atoms with Crippen molar-refractivity contribution in [3.63, 3.8) is 0 Å². The maximum atomic E-state index is 11.5. The molecular weight excluding hydrogens is 234 g/mol. The van der Waals surface area contributed by atoms with Crippen molar-refractivity contribution in [2.45, 2.75) is 27.7 Å². The fourth-order valence-corrected chi connectivity index (χ4v) is 2.45. The molecule has 0 N–H and O–H groups in total. The number of hydrogen-bond donors (Lipinski definition) is 0. The minimum absolute atomic E-state index is 0.877. The van der Waals surface area contributed by atoms with E-state index in [1.807, 2.05) is 52.0 Å². The SMILES string of the molecule is Cc1cc(C)cc(N(C=O)c2cc(C)cc(C)c2)c1. The summed E-state index contributed by atoms with van der Waals surface area (Å²) >= 11 is 0. The number of nitrogens with zero attached hydrogens (tertiary/aromatic N) is 1. The van der Waals surface area contributed by atoms with E-state index in [1.54, 1.807) is 4.90 Å². The molecule has 0 heterocycles. The Hall–Kier alpha value is -2.09. The van der Waals surface area contributed by atoms with E-state index in [4.69, 9.17) is 0 Å². The molecule has 0 saturated carbocycles. The maximum absolute atomic E-state index is 11.5. The molecule has 0 saturated heterocycles. The van der Waals surface area contributed by atoms with Crippen LogP contribution in [0, 0.1) is 27.7 Å². The van der Waals surface area contributed by atoms with E-state index in [0.29, 0.717) is 0 Å². The summed E-state index contributed by atoms with van der Waals surface area (Å²) in [5.74, 6) is 0. The molecule has 0 unspecified atom stereocenters. The van der Waals surface area contributed by atoms with Gasteiger partial charge in [-0.2, -0.15) is 0 Å². The second-order valence-corrected chi connectivity index (χ2v) is 5.17. The molecule has 0 spiro atoms. The van der Waals surface area contributed by atoms with Crippen LogP contribution in [0.25, 0.3) is 0 Å². The van der Waals surface area contributed by atoms with Gasteiger partial charge in [-0.1, -0.05) is 12.1 Å². The van der Waals surface area contributed by atoms with Crippen LogP contribution >= 0.6 is 0 Å². The number of anilines is 2. The van der Waals surface area contributed by atoms with Crippen molar-refractivity contribution in [3.8, 4) is 0 Å². The highest BCUT2D eigenvalue weighted by atomic mass is 16.1. The first kappa shape index (κ1) is 13.3. The van der Waals surface area contributed by atoms with Crippen LogP contribution in [-0.4, -0.2) is 6.41 Å². The van der Waals surface area contributed by atoms with E-state index in [1.165, 1.54) is 0 Å². The van der Waals surface area contributed by atoms with Gasteiger partial charge in [-0.15, -0.1) is 0 Å². The third-order valence-corrected chi connectivity index (χ3v) is 3.07. The molecule has 2 rings (SSSR count). The lowest BCUT2D eigenvalue weighted by atomic mass is 10.1. The van der Waals surface area contributed by atoms with Crippen LogP contribution < -0.4 is 4.90 Å². The summed E-state index contributed by atoms with van der Waals surface area (Å²) in [6.07, 6.45) is 0.877. The fraction of sp³-hybridized carbons (Fsp3) is 0.235. The summed E-state index contributed by atoms with van der Waals surface area (Å²) in [5.41, 5.74) is 6.46. The molecule has 0 aliphatic heterocycles. The van der Waals surface area contributed by atoms with Gasteiger partial charge in [0.15, 0.2) is 0 Å². The Balaban J connectivity index is 2.52. The maximum Gasteiger partial charge on any atom is 0.218 e. The van der Waals surface area contributed by atoms with E-state index < -0.39 is 0 Å². The summed E-state index contributed by atoms with van der Waals surface area (Å²) in [6.45, 7) is 8.17. The van der Waals surface area contributed by atoms with Crippen LogP contribution in [0.1, 0.15) is 22.3 Å². The number of benzene rings is 2. The van der Waals surface area contributed by atoms with Crippen LogP contribution in [0.5, 0.6) is 0 Å². The molecule has 2 aromatic carbocycles. The van der Waals surface area contributed by atoms with Gasteiger partial charge in [0.05, 0.1) is 0 Å². The highest BCUT2D eigenvalue weighted by Crippen LogP contribution is 2.27. The second-order valence-electron chi connectivity index (χ2n) is 5.17. The van der Waals surface area contributed by atoms with Gasteiger partial charge in [-0.3, -0.25) is 9.69 Å². The number of aryl methyl sites for hydroxylation is 4. The first-order valence-corrected chi connectivity index (χ1v) is 6.41. The Bertz CT molecular complexity index is 525. The predicted octanol–water partition coefficient (Wildman–Crippen LogP) is 4.21. The number of carbonyl (C=O) groups is 1. The first-order valence-electron chi connectivity index (χ1n) is 6.41. The van der Waals surface area contributed by atoms with Gasteiger partial charge >= 0.3 is 0 Å². The van der Waals surface area contributed by atoms with Crippen molar-refractivity contribution in [3.05, 3.63) is 58.7 Å². The molecule has 0 aliphatic carbocycles. The van der Waals surface area contributed by atoms with Gasteiger partial charge in [0.2, 0.25) is 6.41 Å². The Morgan fingerprint density at radius 3 is 1.26 bits per heavy atom. The topological polar surface area (TPSA) is 20.3 Å². The monoisotopic (exact) mass is 253 g/mol. The van der Waals surface area contributed by atoms with Crippen molar-refractivity contribution in [1.29, 1.82) is 0 Å². The molecule has 98 valence electrons. The van der Waals surface area contributed by atoms with E-state index in [9.17, 15) is 4.79 Å². The van der Waals surface area contributed by atoms with Gasteiger partial charge < -0.3 is 0 Å². The molecule has 0 bridgehead atoms. The molecular formula is C17H19NO. The highest BCUT2D eigenvalue weighted by molar-refractivity contribution is 5.87. The zero-order valence-electron chi connectivity index (χ0n) is 11.9. The van der Waals surface area contributed by atoms with E-state index >= 15 is 0 Å². The van der Waals surface area contributed by atoms with Crippen molar-refractivity contribution < 1.29 is 4.79 Å². The number of rotatable bonds is 3. The zero-order valence-corrected chi connectivity index (χ0v) is 11.9. The van der Waals surface area contributed by atoms with Crippen LogP contribution in [-0.2, 0) is 4.79 Å². The van der Waals surface area contributed by atoms with E-state index in [-0.39, 0.29) is 0 Å². The lowest BCUT2D eigenvalue weighted by Gasteiger charge is -2.20. The minimum atomic E-state index is 0.877. The van der Waals surface area contributed by atoms with Crippen LogP contribution in [0.4, 0.5) is 11.4 Å². The molecule has 19 heavy (non-hydrogen) atoms. The van der Waals surface area contributed by atoms with E-state index in [2.05, 4.69) is 12.1 Å². The summed E-state index contributed by atoms with van der Waals surface area (Å²) in [7, 11) is 0. The Labute approximate surface area is 114 Å². The average Bonchev–Trinajstić information content (AvgIpc) is 2.27. The smallest absolute Gasteiger partial charge is 0.218 e. The molecule has 1 amide bonds. The van der Waals surface area contributed by atoms with Gasteiger partial charge in [0.1, 0.15) is 0 Å². The van der Waals surface area contributed by atoms with E-state index in [0.717, 1.165) is 40.0 Å². The summed E-state index contributed by atoms with van der Waals surface area (Å²) in [4.78, 5) is 13.2.